The van der Waals surface area contributed by atoms with Gasteiger partial charge in [-0.3, -0.25) is 9.59 Å². The third-order valence-electron chi connectivity index (χ3n) is 3.48. The summed E-state index contributed by atoms with van der Waals surface area (Å²) in [6, 6.07) is -0.800. The maximum atomic E-state index is 12.4. The van der Waals surface area contributed by atoms with E-state index in [9.17, 15) is 22.8 Å². The van der Waals surface area contributed by atoms with Crippen LogP contribution in [0.1, 0.15) is 25.7 Å². The van der Waals surface area contributed by atoms with Gasteiger partial charge in [0.2, 0.25) is 5.91 Å². The zero-order valence-corrected chi connectivity index (χ0v) is 10.0. The Labute approximate surface area is 103 Å². The molecule has 18 heavy (non-hydrogen) atoms. The second kappa shape index (κ2) is 4.44. The fraction of sp³-hybridized carbons (Fsp3) is 0.818. The fourth-order valence-corrected chi connectivity index (χ4v) is 2.31. The number of alkyl halides is 3. The Morgan fingerprint density at radius 1 is 1.22 bits per heavy atom. The van der Waals surface area contributed by atoms with Crippen LogP contribution in [0.3, 0.4) is 0 Å². The van der Waals surface area contributed by atoms with Gasteiger partial charge in [0.15, 0.2) is 0 Å². The van der Waals surface area contributed by atoms with Crippen LogP contribution in [-0.2, 0) is 9.59 Å². The van der Waals surface area contributed by atoms with Crippen molar-refractivity contribution in [2.75, 3.05) is 13.6 Å². The van der Waals surface area contributed by atoms with E-state index in [1.54, 1.807) is 7.05 Å². The monoisotopic (exact) mass is 264 g/mol. The van der Waals surface area contributed by atoms with Gasteiger partial charge in [-0.25, -0.2) is 0 Å². The van der Waals surface area contributed by atoms with Crippen LogP contribution in [0, 0.1) is 0 Å². The number of carbonyl (C=O) groups is 2. The van der Waals surface area contributed by atoms with Crippen LogP contribution in [0.25, 0.3) is 0 Å². The SMILES string of the molecule is CN(C(=O)C1CCCN1C(=O)C(F)(F)F)C1CC1. The molecular weight excluding hydrogens is 249 g/mol. The van der Waals surface area contributed by atoms with Crippen molar-refractivity contribution in [3.63, 3.8) is 0 Å². The Kier molecular flexibility index (Phi) is 3.25. The van der Waals surface area contributed by atoms with E-state index in [1.165, 1.54) is 4.90 Å². The largest absolute Gasteiger partial charge is 0.471 e. The van der Waals surface area contributed by atoms with Crippen molar-refractivity contribution in [3.8, 4) is 0 Å². The summed E-state index contributed by atoms with van der Waals surface area (Å²) < 4.78 is 37.2. The first kappa shape index (κ1) is 13.2. The van der Waals surface area contributed by atoms with Gasteiger partial charge in [0.25, 0.3) is 0 Å². The summed E-state index contributed by atoms with van der Waals surface area (Å²) in [5, 5.41) is 0. The Bertz CT molecular complexity index is 366. The lowest BCUT2D eigenvalue weighted by Gasteiger charge is -2.28. The standard InChI is InChI=1S/C11H15F3N2O2/c1-15(7-4-5-7)9(17)8-3-2-6-16(8)10(18)11(12,13)14/h7-8H,2-6H2,1H3. The highest BCUT2D eigenvalue weighted by Gasteiger charge is 2.48. The molecule has 7 heteroatoms. The van der Waals surface area contributed by atoms with E-state index >= 15 is 0 Å². The summed E-state index contributed by atoms with van der Waals surface area (Å²) in [6.45, 7) is 0.00720. The minimum Gasteiger partial charge on any atom is -0.341 e. The predicted molar refractivity (Wildman–Crippen MR) is 56.6 cm³/mol. The van der Waals surface area contributed by atoms with Crippen molar-refractivity contribution in [2.45, 2.75) is 43.9 Å². The number of hydrogen-bond acceptors (Lipinski definition) is 2. The quantitative estimate of drug-likeness (QED) is 0.751. The first-order valence-corrected chi connectivity index (χ1v) is 5.97. The van der Waals surface area contributed by atoms with Gasteiger partial charge in [0, 0.05) is 19.6 Å². The number of halogens is 3. The van der Waals surface area contributed by atoms with Crippen LogP contribution in [0.4, 0.5) is 13.2 Å². The summed E-state index contributed by atoms with van der Waals surface area (Å²) in [5.74, 6) is -2.27. The van der Waals surface area contributed by atoms with E-state index in [4.69, 9.17) is 0 Å². The molecule has 1 saturated heterocycles. The number of nitrogens with zero attached hydrogens (tertiary/aromatic N) is 2. The molecule has 4 nitrogen and oxygen atoms in total. The van der Waals surface area contributed by atoms with Crippen molar-refractivity contribution in [3.05, 3.63) is 0 Å². The van der Waals surface area contributed by atoms with Crippen LogP contribution in [-0.4, -0.2) is 53.5 Å². The lowest BCUT2D eigenvalue weighted by Crippen LogP contribution is -2.50. The van der Waals surface area contributed by atoms with Gasteiger partial charge in [-0.2, -0.15) is 13.2 Å². The topological polar surface area (TPSA) is 40.6 Å². The van der Waals surface area contributed by atoms with E-state index < -0.39 is 18.1 Å². The van der Waals surface area contributed by atoms with E-state index in [2.05, 4.69) is 0 Å². The number of hydrogen-bond donors (Lipinski definition) is 0. The van der Waals surface area contributed by atoms with Crippen LogP contribution in [0.5, 0.6) is 0 Å². The minimum absolute atomic E-state index is 0.00720. The average Bonchev–Trinajstić information content (AvgIpc) is 3.02. The predicted octanol–water partition coefficient (Wildman–Crippen LogP) is 1.16. The molecule has 0 spiro atoms. The molecule has 1 aliphatic heterocycles. The third-order valence-corrected chi connectivity index (χ3v) is 3.48. The third kappa shape index (κ3) is 2.44. The van der Waals surface area contributed by atoms with Crippen molar-refractivity contribution in [1.82, 2.24) is 9.80 Å². The molecule has 0 aromatic carbocycles. The second-order valence-electron chi connectivity index (χ2n) is 4.83. The maximum Gasteiger partial charge on any atom is 0.471 e. The molecule has 0 aromatic rings. The van der Waals surface area contributed by atoms with Crippen LogP contribution >= 0.6 is 0 Å². The van der Waals surface area contributed by atoms with Crippen LogP contribution < -0.4 is 0 Å². The van der Waals surface area contributed by atoms with E-state index in [1.807, 2.05) is 0 Å². The summed E-state index contributed by atoms with van der Waals surface area (Å²) in [7, 11) is 1.59. The zero-order valence-electron chi connectivity index (χ0n) is 10.0. The van der Waals surface area contributed by atoms with Gasteiger partial charge >= 0.3 is 12.1 Å². The molecule has 1 saturated carbocycles. The van der Waals surface area contributed by atoms with Gasteiger partial charge in [-0.15, -0.1) is 0 Å². The van der Waals surface area contributed by atoms with Crippen molar-refractivity contribution in [1.29, 1.82) is 0 Å². The summed E-state index contributed by atoms with van der Waals surface area (Å²) >= 11 is 0. The highest BCUT2D eigenvalue weighted by Crippen LogP contribution is 2.30. The molecule has 2 aliphatic rings. The van der Waals surface area contributed by atoms with Crippen molar-refractivity contribution >= 4 is 11.8 Å². The number of rotatable bonds is 2. The molecule has 0 aromatic heterocycles. The first-order chi connectivity index (χ1) is 8.32. The molecule has 2 fully saturated rings. The Morgan fingerprint density at radius 2 is 1.83 bits per heavy atom. The Morgan fingerprint density at radius 3 is 2.33 bits per heavy atom. The smallest absolute Gasteiger partial charge is 0.341 e. The number of likely N-dealkylation sites (N-methyl/N-ethyl adjacent to an activating group) is 1. The number of likely N-dealkylation sites (tertiary alicyclic amines) is 1. The molecule has 1 aliphatic carbocycles. The van der Waals surface area contributed by atoms with Gasteiger partial charge in [0.05, 0.1) is 0 Å². The van der Waals surface area contributed by atoms with Gasteiger partial charge in [-0.05, 0) is 25.7 Å². The van der Waals surface area contributed by atoms with Crippen molar-refractivity contribution < 1.29 is 22.8 Å². The lowest BCUT2D eigenvalue weighted by atomic mass is 10.2. The van der Waals surface area contributed by atoms with Crippen molar-refractivity contribution in [2.24, 2.45) is 0 Å². The average molecular weight is 264 g/mol. The molecule has 1 unspecified atom stereocenters. The zero-order chi connectivity index (χ0) is 13.5. The summed E-state index contributed by atoms with van der Waals surface area (Å²) in [6.07, 6.45) is -2.36. The van der Waals surface area contributed by atoms with Crippen LogP contribution in [0.15, 0.2) is 0 Å². The molecule has 0 bridgehead atoms. The lowest BCUT2D eigenvalue weighted by molar-refractivity contribution is -0.187. The minimum atomic E-state index is -4.90. The first-order valence-electron chi connectivity index (χ1n) is 5.97. The molecule has 2 amide bonds. The maximum absolute atomic E-state index is 12.4. The molecule has 0 N–H and O–H groups in total. The molecule has 2 rings (SSSR count). The molecule has 1 heterocycles. The molecular formula is C11H15F3N2O2. The fourth-order valence-electron chi connectivity index (χ4n) is 2.31. The van der Waals surface area contributed by atoms with E-state index in [0.29, 0.717) is 17.7 Å². The summed E-state index contributed by atoms with van der Waals surface area (Å²) in [4.78, 5) is 25.4. The number of amides is 2. The van der Waals surface area contributed by atoms with Gasteiger partial charge in [-0.1, -0.05) is 0 Å². The van der Waals surface area contributed by atoms with E-state index in [-0.39, 0.29) is 18.5 Å². The van der Waals surface area contributed by atoms with Crippen LogP contribution in [0.2, 0.25) is 0 Å². The Hall–Kier alpha value is -1.27. The van der Waals surface area contributed by atoms with Gasteiger partial charge in [0.1, 0.15) is 6.04 Å². The molecule has 0 radical (unpaired) electrons. The number of carbonyl (C=O) groups excluding carboxylic acids is 2. The van der Waals surface area contributed by atoms with Gasteiger partial charge < -0.3 is 9.80 Å². The summed E-state index contributed by atoms with van der Waals surface area (Å²) in [5.41, 5.74) is 0. The highest BCUT2D eigenvalue weighted by atomic mass is 19.4. The highest BCUT2D eigenvalue weighted by molar-refractivity contribution is 5.90. The Balaban J connectivity index is 2.07. The molecule has 1 atom stereocenters. The second-order valence-corrected chi connectivity index (χ2v) is 4.83. The van der Waals surface area contributed by atoms with E-state index in [0.717, 1.165) is 12.8 Å². The molecule has 102 valence electrons. The normalized spacial score (nSPS) is 24.2.